The minimum Gasteiger partial charge on any atom is -0.357 e. The average Bonchev–Trinajstić information content (AvgIpc) is 2.50. The number of hydrogen-bond acceptors (Lipinski definition) is 2. The highest BCUT2D eigenvalue weighted by molar-refractivity contribution is 14.0. The first-order chi connectivity index (χ1) is 9.85. The van der Waals surface area contributed by atoms with Gasteiger partial charge in [-0.25, -0.2) is 4.99 Å². The number of fused-ring (bicyclic) bond motifs is 1. The zero-order chi connectivity index (χ0) is 14.2. The molecule has 0 aliphatic rings. The number of rotatable bonds is 4. The van der Waals surface area contributed by atoms with Gasteiger partial charge < -0.3 is 10.6 Å². The second kappa shape index (κ2) is 9.19. The van der Waals surface area contributed by atoms with Crippen molar-refractivity contribution in [1.82, 2.24) is 15.6 Å². The maximum absolute atomic E-state index is 5.25. The van der Waals surface area contributed by atoms with Crippen molar-refractivity contribution in [2.75, 3.05) is 13.1 Å². The van der Waals surface area contributed by atoms with E-state index >= 15 is 0 Å². The van der Waals surface area contributed by atoms with Gasteiger partial charge in [-0.05, 0) is 18.4 Å². The van der Waals surface area contributed by atoms with Crippen LogP contribution in [0.5, 0.6) is 0 Å². The second-order valence-electron chi connectivity index (χ2n) is 4.23. The molecule has 0 fully saturated rings. The number of pyridine rings is 1. The number of nitrogens with one attached hydrogen (secondary N) is 2. The van der Waals surface area contributed by atoms with E-state index in [1.54, 1.807) is 0 Å². The predicted molar refractivity (Wildman–Crippen MR) is 98.8 cm³/mol. The van der Waals surface area contributed by atoms with Crippen molar-refractivity contribution >= 4 is 40.7 Å². The molecule has 21 heavy (non-hydrogen) atoms. The van der Waals surface area contributed by atoms with Crippen LogP contribution < -0.4 is 10.6 Å². The van der Waals surface area contributed by atoms with Crippen molar-refractivity contribution < 1.29 is 0 Å². The first-order valence-corrected chi connectivity index (χ1v) is 6.63. The summed E-state index contributed by atoms with van der Waals surface area (Å²) in [6.07, 6.45) is 7.06. The molecule has 0 radical (unpaired) electrons. The molecule has 2 N–H and O–H groups in total. The van der Waals surface area contributed by atoms with Gasteiger partial charge >= 0.3 is 0 Å². The van der Waals surface area contributed by atoms with Crippen LogP contribution in [0.2, 0.25) is 0 Å². The highest BCUT2D eigenvalue weighted by Crippen LogP contribution is 2.16. The van der Waals surface area contributed by atoms with Crippen LogP contribution in [0.4, 0.5) is 0 Å². The highest BCUT2D eigenvalue weighted by Gasteiger charge is 2.02. The minimum absolute atomic E-state index is 0. The predicted octanol–water partition coefficient (Wildman–Crippen LogP) is 2.54. The van der Waals surface area contributed by atoms with Gasteiger partial charge in [-0.3, -0.25) is 4.98 Å². The van der Waals surface area contributed by atoms with Crippen molar-refractivity contribution in [3.05, 3.63) is 42.2 Å². The van der Waals surface area contributed by atoms with Crippen molar-refractivity contribution in [2.45, 2.75) is 13.5 Å². The molecule has 1 heterocycles. The van der Waals surface area contributed by atoms with E-state index in [1.165, 1.54) is 5.39 Å². The fourth-order valence-electron chi connectivity index (χ4n) is 1.94. The van der Waals surface area contributed by atoms with E-state index in [0.717, 1.165) is 17.6 Å². The van der Waals surface area contributed by atoms with Gasteiger partial charge in [0.25, 0.3) is 0 Å². The number of aromatic nitrogens is 1. The average molecular weight is 394 g/mol. The molecule has 0 spiro atoms. The summed E-state index contributed by atoms with van der Waals surface area (Å²) in [4.78, 5) is 8.92. The third kappa shape index (κ3) is 4.90. The Morgan fingerprint density at radius 3 is 2.86 bits per heavy atom. The number of guanidine groups is 1. The standard InChI is InChI=1S/C16H18N4.HI/c1-3-10-19-16(17-4-2)20-12-15-14-8-6-5-7-13(14)9-11-18-15;/h1,5-9,11H,4,10,12H2,2H3,(H2,17,19,20);1H. The van der Waals surface area contributed by atoms with Crippen molar-refractivity contribution in [3.63, 3.8) is 0 Å². The summed E-state index contributed by atoms with van der Waals surface area (Å²) in [5.74, 6) is 3.25. The molecule has 0 saturated heterocycles. The van der Waals surface area contributed by atoms with Crippen LogP contribution in [0.25, 0.3) is 10.8 Å². The Morgan fingerprint density at radius 2 is 2.10 bits per heavy atom. The lowest BCUT2D eigenvalue weighted by atomic mass is 10.1. The van der Waals surface area contributed by atoms with E-state index in [-0.39, 0.29) is 24.0 Å². The van der Waals surface area contributed by atoms with Gasteiger partial charge in [0.05, 0.1) is 18.8 Å². The van der Waals surface area contributed by atoms with Crippen molar-refractivity contribution in [3.8, 4) is 12.3 Å². The molecule has 1 aromatic heterocycles. The van der Waals surface area contributed by atoms with Crippen LogP contribution in [-0.4, -0.2) is 24.0 Å². The van der Waals surface area contributed by atoms with Crippen molar-refractivity contribution in [2.24, 2.45) is 4.99 Å². The first-order valence-electron chi connectivity index (χ1n) is 6.63. The maximum Gasteiger partial charge on any atom is 0.192 e. The number of aliphatic imine (C=N–C) groups is 1. The first kappa shape index (κ1) is 17.2. The molecule has 110 valence electrons. The third-order valence-corrected chi connectivity index (χ3v) is 2.85. The van der Waals surface area contributed by atoms with Gasteiger partial charge in [-0.15, -0.1) is 30.4 Å². The molecule has 4 nitrogen and oxygen atoms in total. The highest BCUT2D eigenvalue weighted by atomic mass is 127. The Balaban J connectivity index is 0.00000220. The van der Waals surface area contributed by atoms with Gasteiger partial charge in [0, 0.05) is 18.1 Å². The summed E-state index contributed by atoms with van der Waals surface area (Å²) in [5.41, 5.74) is 0.959. The van der Waals surface area contributed by atoms with Crippen molar-refractivity contribution in [1.29, 1.82) is 0 Å². The fraction of sp³-hybridized carbons (Fsp3) is 0.250. The van der Waals surface area contributed by atoms with Crippen LogP contribution in [-0.2, 0) is 6.54 Å². The summed E-state index contributed by atoms with van der Waals surface area (Å²) in [5, 5.41) is 8.52. The molecule has 2 rings (SSSR count). The molecule has 0 bridgehead atoms. The molecule has 0 aliphatic heterocycles. The summed E-state index contributed by atoms with van der Waals surface area (Å²) in [6, 6.07) is 10.2. The third-order valence-electron chi connectivity index (χ3n) is 2.85. The van der Waals surface area contributed by atoms with Gasteiger partial charge in [-0.1, -0.05) is 30.2 Å². The lowest BCUT2D eigenvalue weighted by Crippen LogP contribution is -2.37. The van der Waals surface area contributed by atoms with Gasteiger partial charge in [0.2, 0.25) is 0 Å². The van der Waals surface area contributed by atoms with Gasteiger partial charge in [-0.2, -0.15) is 0 Å². The second-order valence-corrected chi connectivity index (χ2v) is 4.23. The van der Waals surface area contributed by atoms with Crippen LogP contribution in [0.3, 0.4) is 0 Å². The van der Waals surface area contributed by atoms with E-state index < -0.39 is 0 Å². The fourth-order valence-corrected chi connectivity index (χ4v) is 1.94. The SMILES string of the molecule is C#CCNC(=NCc1nccc2ccccc12)NCC.I. The van der Waals surface area contributed by atoms with E-state index in [1.807, 2.05) is 31.3 Å². The normalized spacial score (nSPS) is 10.6. The Hall–Kier alpha value is -1.81. The lowest BCUT2D eigenvalue weighted by molar-refractivity contribution is 0.860. The molecular formula is C16H19IN4. The summed E-state index contributed by atoms with van der Waals surface area (Å²) >= 11 is 0. The van der Waals surface area contributed by atoms with E-state index in [0.29, 0.717) is 19.0 Å². The smallest absolute Gasteiger partial charge is 0.192 e. The monoisotopic (exact) mass is 394 g/mol. The van der Waals surface area contributed by atoms with E-state index in [4.69, 9.17) is 6.42 Å². The molecular weight excluding hydrogens is 375 g/mol. The summed E-state index contributed by atoms with van der Waals surface area (Å²) in [6.45, 7) is 3.78. The largest absolute Gasteiger partial charge is 0.357 e. The molecule has 2 aromatic rings. The Kier molecular flexibility index (Phi) is 7.54. The van der Waals surface area contributed by atoms with Crippen LogP contribution in [0.1, 0.15) is 12.6 Å². The molecule has 0 amide bonds. The number of terminal acetylenes is 1. The van der Waals surface area contributed by atoms with Crippen LogP contribution in [0, 0.1) is 12.3 Å². The zero-order valence-corrected chi connectivity index (χ0v) is 14.3. The number of halogens is 1. The van der Waals surface area contributed by atoms with Crippen LogP contribution in [0.15, 0.2) is 41.5 Å². The maximum atomic E-state index is 5.25. The molecule has 0 saturated carbocycles. The molecule has 0 aliphatic carbocycles. The topological polar surface area (TPSA) is 49.3 Å². The molecule has 0 atom stereocenters. The number of nitrogens with zero attached hydrogens (tertiary/aromatic N) is 2. The van der Waals surface area contributed by atoms with Crippen LogP contribution >= 0.6 is 24.0 Å². The number of benzene rings is 1. The summed E-state index contributed by atoms with van der Waals surface area (Å²) in [7, 11) is 0. The van der Waals surface area contributed by atoms with E-state index in [2.05, 4.69) is 38.7 Å². The minimum atomic E-state index is 0. The zero-order valence-electron chi connectivity index (χ0n) is 12.0. The molecule has 1 aromatic carbocycles. The number of hydrogen-bond donors (Lipinski definition) is 2. The molecule has 5 heteroatoms. The lowest BCUT2D eigenvalue weighted by Gasteiger charge is -2.09. The summed E-state index contributed by atoms with van der Waals surface area (Å²) < 4.78 is 0. The van der Waals surface area contributed by atoms with E-state index in [9.17, 15) is 0 Å². The van der Waals surface area contributed by atoms with Gasteiger partial charge in [0.15, 0.2) is 5.96 Å². The Labute approximate surface area is 142 Å². The van der Waals surface area contributed by atoms with Gasteiger partial charge in [0.1, 0.15) is 0 Å². The Morgan fingerprint density at radius 1 is 1.29 bits per heavy atom. The Bertz CT molecular complexity index is 641. The molecule has 0 unspecified atom stereocenters. The quantitative estimate of drug-likeness (QED) is 0.363.